The topological polar surface area (TPSA) is 395 Å². The Balaban J connectivity index is -0.000000210. The van der Waals surface area contributed by atoms with Gasteiger partial charge in [0.05, 0.1) is 25.2 Å². The number of carbonyl (C=O) groups excluding carboxylic acids is 7. The Morgan fingerprint density at radius 1 is 0.667 bits per heavy atom. The van der Waals surface area contributed by atoms with Crippen molar-refractivity contribution in [3.8, 4) is 0 Å². The van der Waals surface area contributed by atoms with E-state index >= 15 is 0 Å². The fourth-order valence-corrected chi connectivity index (χ4v) is 1.30. The van der Waals surface area contributed by atoms with E-state index in [2.05, 4.69) is 5.73 Å². The maximum atomic E-state index is 10.2. The molecule has 222 valence electrons. The van der Waals surface area contributed by atoms with E-state index in [1.807, 2.05) is 0 Å². The molecule has 8 N–H and O–H groups in total. The second-order valence-corrected chi connectivity index (χ2v) is 6.61. The van der Waals surface area contributed by atoms with Gasteiger partial charge < -0.3 is 71.5 Å². The number of nitrogens with one attached hydrogen (secondary N) is 1. The maximum Gasteiger partial charge on any atom is 0.303 e. The lowest BCUT2D eigenvalue weighted by Gasteiger charge is -2.17. The van der Waals surface area contributed by atoms with Crippen molar-refractivity contribution >= 4 is 59.1 Å². The van der Waals surface area contributed by atoms with Crippen LogP contribution in [0, 0.1) is 0 Å². The molecular weight excluding hydrogens is 544 g/mol. The number of quaternary nitrogens is 1. The highest BCUT2D eigenvalue weighted by atomic mass is 16.4. The molecule has 0 fully saturated rings. The molecule has 0 aliphatic rings. The molecule has 2 atom stereocenters. The molecule has 0 heterocycles. The van der Waals surface area contributed by atoms with Gasteiger partial charge in [-0.25, -0.2) is 0 Å². The van der Waals surface area contributed by atoms with Gasteiger partial charge in [0, 0.05) is 25.2 Å². The molecule has 20 nitrogen and oxygen atoms in total. The number of aliphatic carboxylic acids is 7. The number of carboxylic acid groups (broad SMARTS) is 7. The molecule has 0 bridgehead atoms. The summed E-state index contributed by atoms with van der Waals surface area (Å²) in [7, 11) is 0. The first-order chi connectivity index (χ1) is 17.7. The lowest BCUT2D eigenvalue weighted by molar-refractivity contribution is -0.438. The summed E-state index contributed by atoms with van der Waals surface area (Å²) >= 11 is 0. The van der Waals surface area contributed by atoms with Gasteiger partial charge in [-0.05, 0) is 0 Å². The number of carboxylic acids is 7. The maximum absolute atomic E-state index is 10.2. The molecule has 20 heteroatoms. The fraction of sp³-hybridized carbons (Fsp3) is 0.474. The summed E-state index contributed by atoms with van der Waals surface area (Å²) in [5.74, 6) is -13.5. The minimum absolute atomic E-state index is 0.0255. The number of aliphatic hydroxyl groups is 1. The average molecular weight is 568 g/mol. The smallest absolute Gasteiger partial charge is 0.303 e. The highest BCUT2D eigenvalue weighted by Crippen LogP contribution is 1.93. The van der Waals surface area contributed by atoms with E-state index in [0.29, 0.717) is 0 Å². The number of hydrogen-bond donors (Lipinski definition) is 5. The van der Waals surface area contributed by atoms with E-state index in [4.69, 9.17) is 26.2 Å². The van der Waals surface area contributed by atoms with E-state index in [1.165, 1.54) is 0 Å². The van der Waals surface area contributed by atoms with Gasteiger partial charge in [-0.3, -0.25) is 28.8 Å². The standard InChI is InChI=1S/C5H9NO4.2C5H6O5.C4H6NO4/c6-3(5(9)10)1-2-4(7)8;6-2-3(7)1-4(8)5(9)10;6-3(5(9)10)1-2-4(7)8;5-2(4(8)9)1-3(6)7/h3H,1-2,6H2,(H,7,8)(H,9,10);6H,1-2H2,(H,9,10);1-2H2,(H,7,8)(H,9,10);2,5H,1H2,(H,6,7)(H,8,9)/q;;;-1/p-3/t3-;;;2-/m0..0/s1. The molecule has 0 unspecified atom stereocenters. The van der Waals surface area contributed by atoms with Crippen molar-refractivity contribution in [1.29, 1.82) is 0 Å². The van der Waals surface area contributed by atoms with Crippen LogP contribution in [0.25, 0.3) is 5.73 Å². The Hall–Kier alpha value is -4.82. The van der Waals surface area contributed by atoms with Crippen LogP contribution in [0.1, 0.15) is 38.5 Å². The number of rotatable bonds is 15. The zero-order chi connectivity index (χ0) is 31.9. The Kier molecular flexibility index (Phi) is 25.0. The molecule has 0 aromatic rings. The third kappa shape index (κ3) is 33.2. The van der Waals surface area contributed by atoms with Crippen LogP contribution in [0.3, 0.4) is 0 Å². The number of carbonyl (C=O) groups is 10. The summed E-state index contributed by atoms with van der Waals surface area (Å²) in [4.78, 5) is 98.7. The van der Waals surface area contributed by atoms with Gasteiger partial charge in [-0.1, -0.05) is 6.04 Å². The third-order valence-corrected chi connectivity index (χ3v) is 3.26. The first-order valence-electron chi connectivity index (χ1n) is 9.91. The number of aliphatic hydroxyl groups excluding tert-OH is 1. The number of ketones is 3. The van der Waals surface area contributed by atoms with Crippen molar-refractivity contribution in [1.82, 2.24) is 0 Å². The normalized spacial score (nSPS) is 10.6. The van der Waals surface area contributed by atoms with Crippen molar-refractivity contribution in [2.24, 2.45) is 0 Å². The molecule has 0 amide bonds. The average Bonchev–Trinajstić information content (AvgIpc) is 2.81. The highest BCUT2D eigenvalue weighted by molar-refractivity contribution is 6.35. The minimum atomic E-state index is -1.90. The van der Waals surface area contributed by atoms with E-state index < -0.39 is 104 Å². The summed E-state index contributed by atoms with van der Waals surface area (Å²) in [5, 5.41) is 71.0. The van der Waals surface area contributed by atoms with Crippen LogP contribution in [-0.2, 0) is 47.9 Å². The summed E-state index contributed by atoms with van der Waals surface area (Å²) in [5.41, 5.74) is 9.70. The molecule has 0 saturated heterocycles. The molecule has 0 saturated carbocycles. The van der Waals surface area contributed by atoms with Crippen LogP contribution in [0.5, 0.6) is 0 Å². The van der Waals surface area contributed by atoms with E-state index in [-0.39, 0.29) is 12.8 Å². The molecular formula is C19H24N2O18-4. The van der Waals surface area contributed by atoms with Gasteiger partial charge in [-0.15, -0.1) is 0 Å². The van der Waals surface area contributed by atoms with Crippen LogP contribution in [-0.4, -0.2) is 98.3 Å². The quantitative estimate of drug-likeness (QED) is 0.0903. The summed E-state index contributed by atoms with van der Waals surface area (Å²) in [6.45, 7) is -0.820. The molecule has 0 radical (unpaired) electrons. The van der Waals surface area contributed by atoms with Crippen molar-refractivity contribution in [3.05, 3.63) is 5.73 Å². The molecule has 0 aromatic carbocycles. The highest BCUT2D eigenvalue weighted by Gasteiger charge is 2.09. The lowest BCUT2D eigenvalue weighted by Crippen LogP contribution is -2.68. The molecule has 39 heavy (non-hydrogen) atoms. The van der Waals surface area contributed by atoms with Crippen molar-refractivity contribution < 1.29 is 94.5 Å². The van der Waals surface area contributed by atoms with E-state index in [0.717, 1.165) is 0 Å². The Labute approximate surface area is 217 Å². The van der Waals surface area contributed by atoms with Crippen molar-refractivity contribution in [3.63, 3.8) is 0 Å². The third-order valence-electron chi connectivity index (χ3n) is 3.26. The summed E-state index contributed by atoms with van der Waals surface area (Å²) in [6, 6.07) is -2.57. The van der Waals surface area contributed by atoms with Gasteiger partial charge in [0.2, 0.25) is 0 Å². The largest absolute Gasteiger partial charge is 0.669 e. The van der Waals surface area contributed by atoms with Crippen LogP contribution >= 0.6 is 0 Å². The fourth-order valence-electron chi connectivity index (χ4n) is 1.30. The predicted molar refractivity (Wildman–Crippen MR) is 108 cm³/mol. The zero-order valence-corrected chi connectivity index (χ0v) is 19.8. The minimum Gasteiger partial charge on any atom is -0.669 e. The van der Waals surface area contributed by atoms with Gasteiger partial charge in [0.1, 0.15) is 24.6 Å². The predicted octanol–water partition coefficient (Wildman–Crippen LogP) is -8.73. The molecule has 0 aliphatic heterocycles. The molecule has 0 aliphatic carbocycles. The van der Waals surface area contributed by atoms with Crippen molar-refractivity contribution in [2.75, 3.05) is 6.61 Å². The lowest BCUT2D eigenvalue weighted by atomic mass is 10.2. The van der Waals surface area contributed by atoms with Gasteiger partial charge in [0.15, 0.2) is 17.3 Å². The van der Waals surface area contributed by atoms with E-state index in [1.54, 1.807) is 0 Å². The second-order valence-electron chi connectivity index (χ2n) is 6.61. The van der Waals surface area contributed by atoms with E-state index in [9.17, 15) is 68.4 Å². The number of Topliss-reactive ketones (excluding diaryl/α,β-unsaturated/α-hetero) is 3. The molecule has 0 rings (SSSR count). The van der Waals surface area contributed by atoms with Crippen LogP contribution in [0.4, 0.5) is 0 Å². The Bertz CT molecular complexity index is 912. The van der Waals surface area contributed by atoms with Crippen molar-refractivity contribution in [2.45, 2.75) is 50.6 Å². The first-order valence-corrected chi connectivity index (χ1v) is 9.91. The molecule has 0 spiro atoms. The van der Waals surface area contributed by atoms with Gasteiger partial charge in [-0.2, -0.15) is 0 Å². The SMILES string of the molecule is O=C(CO)CC(=O)C(=O)[O-].O=C(O)CCC(=O)C(=O)[O-].[NH-][C@@H](CC(=O)O)C(=O)[O-].[NH3+][C@@H](CCC(=O)O)C(=O)[O-]. The van der Waals surface area contributed by atoms with Gasteiger partial charge >= 0.3 is 17.9 Å². The second kappa shape index (κ2) is 23.6. The van der Waals surface area contributed by atoms with Crippen LogP contribution in [0.15, 0.2) is 0 Å². The Morgan fingerprint density at radius 3 is 1.36 bits per heavy atom. The summed E-state index contributed by atoms with van der Waals surface area (Å²) in [6.07, 6.45) is -2.62. The first kappa shape index (κ1) is 41.3. The number of hydrogen-bond acceptors (Lipinski definition) is 15. The Morgan fingerprint density at radius 2 is 1.10 bits per heavy atom. The summed E-state index contributed by atoms with van der Waals surface area (Å²) < 4.78 is 0. The monoisotopic (exact) mass is 568 g/mol. The van der Waals surface area contributed by atoms with Crippen LogP contribution < -0.4 is 26.2 Å². The molecule has 0 aromatic heterocycles. The van der Waals surface area contributed by atoms with Crippen LogP contribution in [0.2, 0.25) is 0 Å². The van der Waals surface area contributed by atoms with Gasteiger partial charge in [0.25, 0.3) is 0 Å². The zero-order valence-electron chi connectivity index (χ0n) is 19.8.